The van der Waals surface area contributed by atoms with Crippen molar-refractivity contribution in [2.24, 2.45) is 11.0 Å². The van der Waals surface area contributed by atoms with E-state index in [1.807, 2.05) is 6.07 Å². The number of benzene rings is 1. The molecule has 1 N–H and O–H groups in total. The fourth-order valence-corrected chi connectivity index (χ4v) is 1.74. The van der Waals surface area contributed by atoms with E-state index in [2.05, 4.69) is 5.10 Å². The predicted molar refractivity (Wildman–Crippen MR) is 67.4 cm³/mol. The van der Waals surface area contributed by atoms with Gasteiger partial charge in [-0.25, -0.2) is 9.80 Å². The monoisotopic (exact) mass is 295 g/mol. The lowest BCUT2D eigenvalue weighted by molar-refractivity contribution is -0.143. The Labute approximate surface area is 117 Å². The maximum atomic E-state index is 12.6. The van der Waals surface area contributed by atoms with Gasteiger partial charge < -0.3 is 5.11 Å². The topological polar surface area (TPSA) is 76.7 Å². The number of carboxylic acid groups (broad SMARTS) is 1. The lowest BCUT2D eigenvalue weighted by Gasteiger charge is -2.26. The third-order valence-electron chi connectivity index (χ3n) is 2.73. The highest BCUT2D eigenvalue weighted by molar-refractivity contribution is 5.93. The maximum Gasteiger partial charge on any atom is 0.400 e. The van der Waals surface area contributed by atoms with Crippen LogP contribution in [0.4, 0.5) is 18.9 Å². The van der Waals surface area contributed by atoms with Crippen LogP contribution in [-0.4, -0.2) is 23.5 Å². The molecule has 1 aromatic carbocycles. The van der Waals surface area contributed by atoms with Crippen LogP contribution in [0.25, 0.3) is 0 Å². The van der Waals surface area contributed by atoms with E-state index < -0.39 is 23.8 Å². The molecule has 0 aromatic heterocycles. The van der Waals surface area contributed by atoms with Crippen LogP contribution in [-0.2, 0) is 4.79 Å². The predicted octanol–water partition coefficient (Wildman–Crippen LogP) is 2.51. The third kappa shape index (κ3) is 3.02. The van der Waals surface area contributed by atoms with Crippen molar-refractivity contribution in [1.29, 1.82) is 5.26 Å². The number of hydrogen-bond acceptors (Lipinski definition) is 4. The van der Waals surface area contributed by atoms with Gasteiger partial charge in [0.15, 0.2) is 0 Å². The number of nitriles is 1. The summed E-state index contributed by atoms with van der Waals surface area (Å²) < 4.78 is 37.9. The molecule has 0 radical (unpaired) electrons. The third-order valence-corrected chi connectivity index (χ3v) is 2.73. The molecule has 0 amide bonds. The summed E-state index contributed by atoms with van der Waals surface area (Å²) in [6.07, 6.45) is -3.41. The van der Waals surface area contributed by atoms with Gasteiger partial charge in [-0.05, 0) is 24.3 Å². The van der Waals surface area contributed by atoms with E-state index in [9.17, 15) is 18.0 Å². The number of aliphatic carboxylic acids is 1. The first-order chi connectivity index (χ1) is 9.82. The highest BCUT2D eigenvalue weighted by Crippen LogP contribution is 2.32. The number of alkyl halides is 3. The minimum atomic E-state index is -4.61. The molecule has 1 aliphatic heterocycles. The van der Waals surface area contributed by atoms with E-state index in [0.29, 0.717) is 12.3 Å². The molecule has 1 aliphatic rings. The van der Waals surface area contributed by atoms with Crippen LogP contribution in [0.1, 0.15) is 5.56 Å². The van der Waals surface area contributed by atoms with Gasteiger partial charge >= 0.3 is 12.1 Å². The van der Waals surface area contributed by atoms with E-state index in [1.54, 1.807) is 0 Å². The normalized spacial score (nSPS) is 18.1. The summed E-state index contributed by atoms with van der Waals surface area (Å²) in [6.45, 7) is 0. The summed E-state index contributed by atoms with van der Waals surface area (Å²) in [6, 6.07) is 7.61. The van der Waals surface area contributed by atoms with Gasteiger partial charge in [0.1, 0.15) is 11.6 Å². The molecule has 0 saturated carbocycles. The number of anilines is 1. The van der Waals surface area contributed by atoms with Crippen LogP contribution in [0.15, 0.2) is 41.1 Å². The number of nitrogens with zero attached hydrogens (tertiary/aromatic N) is 3. The van der Waals surface area contributed by atoms with Crippen LogP contribution in [0.3, 0.4) is 0 Å². The molecule has 21 heavy (non-hydrogen) atoms. The van der Waals surface area contributed by atoms with Gasteiger partial charge in [0, 0.05) is 6.21 Å². The average Bonchev–Trinajstić information content (AvgIpc) is 2.45. The first kappa shape index (κ1) is 14.6. The fourth-order valence-electron chi connectivity index (χ4n) is 1.74. The highest BCUT2D eigenvalue weighted by Gasteiger charge is 2.40. The van der Waals surface area contributed by atoms with E-state index in [1.165, 1.54) is 24.3 Å². The molecule has 108 valence electrons. The van der Waals surface area contributed by atoms with Gasteiger partial charge in [0.05, 0.1) is 17.3 Å². The van der Waals surface area contributed by atoms with Crippen molar-refractivity contribution in [3.8, 4) is 6.07 Å². The van der Waals surface area contributed by atoms with Gasteiger partial charge in [0.25, 0.3) is 0 Å². The van der Waals surface area contributed by atoms with Crippen LogP contribution >= 0.6 is 0 Å². The molecule has 0 fully saturated rings. The molecule has 0 saturated heterocycles. The van der Waals surface area contributed by atoms with E-state index in [0.717, 1.165) is 5.01 Å². The first-order valence-electron chi connectivity index (χ1n) is 5.69. The zero-order chi connectivity index (χ0) is 15.6. The number of halogens is 3. The minimum absolute atomic E-state index is 0.194. The molecule has 0 aliphatic carbocycles. The number of carbonyl (C=O) groups is 1. The fraction of sp³-hybridized carbons (Fsp3) is 0.154. The van der Waals surface area contributed by atoms with Gasteiger partial charge in [-0.15, -0.1) is 0 Å². The summed E-state index contributed by atoms with van der Waals surface area (Å²) in [5.41, 5.74) is -0.181. The Bertz CT molecular complexity index is 674. The number of hydrogen-bond donors (Lipinski definition) is 1. The molecule has 1 aromatic rings. The molecule has 0 bridgehead atoms. The van der Waals surface area contributed by atoms with E-state index in [-0.39, 0.29) is 11.3 Å². The molecule has 2 rings (SSSR count). The number of rotatable bonds is 2. The number of hydrazone groups is 1. The Kier molecular flexibility index (Phi) is 3.67. The molecular formula is C13H8F3N3O2. The molecule has 1 atom stereocenters. The lowest BCUT2D eigenvalue weighted by atomic mass is 10.1. The van der Waals surface area contributed by atoms with Crippen molar-refractivity contribution in [3.05, 3.63) is 41.6 Å². The molecular weight excluding hydrogens is 287 g/mol. The summed E-state index contributed by atoms with van der Waals surface area (Å²) in [5, 5.41) is 22.3. The Morgan fingerprint density at radius 3 is 2.71 bits per heavy atom. The van der Waals surface area contributed by atoms with Crippen LogP contribution in [0, 0.1) is 17.2 Å². The Morgan fingerprint density at radius 2 is 2.14 bits per heavy atom. The Balaban J connectivity index is 2.43. The van der Waals surface area contributed by atoms with E-state index in [4.69, 9.17) is 10.4 Å². The Morgan fingerprint density at radius 1 is 1.43 bits per heavy atom. The smallest absolute Gasteiger partial charge is 0.400 e. The van der Waals surface area contributed by atoms with Crippen molar-refractivity contribution in [2.45, 2.75) is 6.18 Å². The second kappa shape index (κ2) is 5.28. The van der Waals surface area contributed by atoms with Gasteiger partial charge in [-0.3, -0.25) is 0 Å². The minimum Gasteiger partial charge on any atom is -0.477 e. The summed E-state index contributed by atoms with van der Waals surface area (Å²) >= 11 is 0. The SMILES string of the molecule is N#Cc1cccc(N2N=CC(C(F)(F)F)C=C2C(=O)O)c1. The van der Waals surface area contributed by atoms with Crippen molar-refractivity contribution in [1.82, 2.24) is 0 Å². The molecule has 0 spiro atoms. The van der Waals surface area contributed by atoms with Gasteiger partial charge in [-0.2, -0.15) is 23.5 Å². The van der Waals surface area contributed by atoms with Crippen LogP contribution in [0.5, 0.6) is 0 Å². The van der Waals surface area contributed by atoms with Gasteiger partial charge in [0.2, 0.25) is 0 Å². The van der Waals surface area contributed by atoms with Crippen molar-refractivity contribution < 1.29 is 23.1 Å². The zero-order valence-corrected chi connectivity index (χ0v) is 10.4. The van der Waals surface area contributed by atoms with Crippen molar-refractivity contribution >= 4 is 17.9 Å². The van der Waals surface area contributed by atoms with Crippen molar-refractivity contribution in [3.63, 3.8) is 0 Å². The average molecular weight is 295 g/mol. The summed E-state index contributed by atoms with van der Waals surface area (Å²) in [4.78, 5) is 11.1. The summed E-state index contributed by atoms with van der Waals surface area (Å²) in [5.74, 6) is -3.59. The lowest BCUT2D eigenvalue weighted by Crippen LogP contribution is -2.33. The largest absolute Gasteiger partial charge is 0.477 e. The quantitative estimate of drug-likeness (QED) is 0.909. The van der Waals surface area contributed by atoms with Crippen molar-refractivity contribution in [2.75, 3.05) is 5.01 Å². The standard InChI is InChI=1S/C13H8F3N3O2/c14-13(15,16)9-5-11(12(20)21)19(18-7-9)10-3-1-2-8(4-10)6-17/h1-5,7,9H,(H,20,21). The number of allylic oxidation sites excluding steroid dienone is 1. The maximum absolute atomic E-state index is 12.6. The number of carboxylic acids is 1. The summed E-state index contributed by atoms with van der Waals surface area (Å²) in [7, 11) is 0. The molecule has 1 unspecified atom stereocenters. The van der Waals surface area contributed by atoms with Gasteiger partial charge in [-0.1, -0.05) is 6.07 Å². The highest BCUT2D eigenvalue weighted by atomic mass is 19.4. The second-order valence-electron chi connectivity index (χ2n) is 4.16. The van der Waals surface area contributed by atoms with E-state index >= 15 is 0 Å². The zero-order valence-electron chi connectivity index (χ0n) is 10.4. The molecule has 5 nitrogen and oxygen atoms in total. The van der Waals surface area contributed by atoms with Crippen LogP contribution in [0.2, 0.25) is 0 Å². The Hall–Kier alpha value is -2.82. The first-order valence-corrected chi connectivity index (χ1v) is 5.69. The van der Waals surface area contributed by atoms with Crippen LogP contribution < -0.4 is 5.01 Å². The molecule has 1 heterocycles. The molecule has 8 heteroatoms. The second-order valence-corrected chi connectivity index (χ2v) is 4.16.